The van der Waals surface area contributed by atoms with E-state index in [4.69, 9.17) is 21.4 Å². The molecule has 6 heteroatoms. The molecule has 2 aromatic heterocycles. The lowest BCUT2D eigenvalue weighted by molar-refractivity contribution is 0.355. The van der Waals surface area contributed by atoms with Gasteiger partial charge in [-0.15, -0.1) is 0 Å². The van der Waals surface area contributed by atoms with Crippen molar-refractivity contribution in [2.75, 3.05) is 0 Å². The van der Waals surface area contributed by atoms with Gasteiger partial charge in [-0.25, -0.2) is 0 Å². The van der Waals surface area contributed by atoms with Gasteiger partial charge < -0.3 is 4.52 Å². The standard InChI is InChI=1S/C12H11ClN4O/c1-8(4-2-6-14)12-16-11(17-18-12)10-9(13)5-3-7-15-10/h3,5,7-8H,2,4H2,1H3. The molecule has 0 aliphatic carbocycles. The fourth-order valence-electron chi connectivity index (χ4n) is 1.49. The molecule has 2 rings (SSSR count). The van der Waals surface area contributed by atoms with Crippen LogP contribution in [-0.2, 0) is 0 Å². The number of hydrogen-bond acceptors (Lipinski definition) is 5. The molecule has 0 fully saturated rings. The predicted octanol–water partition coefficient (Wildman–Crippen LogP) is 3.19. The number of nitriles is 1. The van der Waals surface area contributed by atoms with Gasteiger partial charge in [0.15, 0.2) is 0 Å². The monoisotopic (exact) mass is 262 g/mol. The van der Waals surface area contributed by atoms with Crippen molar-refractivity contribution >= 4 is 11.6 Å². The summed E-state index contributed by atoms with van der Waals surface area (Å²) in [4.78, 5) is 8.37. The lowest BCUT2D eigenvalue weighted by Crippen LogP contribution is -1.94. The van der Waals surface area contributed by atoms with Crippen LogP contribution in [0, 0.1) is 11.3 Å². The van der Waals surface area contributed by atoms with Crippen LogP contribution in [0.4, 0.5) is 0 Å². The summed E-state index contributed by atoms with van der Waals surface area (Å²) >= 11 is 6.00. The summed E-state index contributed by atoms with van der Waals surface area (Å²) < 4.78 is 5.16. The summed E-state index contributed by atoms with van der Waals surface area (Å²) in [5.74, 6) is 0.926. The van der Waals surface area contributed by atoms with Crippen LogP contribution in [0.3, 0.4) is 0 Å². The van der Waals surface area contributed by atoms with Gasteiger partial charge in [-0.2, -0.15) is 10.2 Å². The molecular weight excluding hydrogens is 252 g/mol. The van der Waals surface area contributed by atoms with Crippen molar-refractivity contribution in [1.82, 2.24) is 15.1 Å². The van der Waals surface area contributed by atoms with Crippen LogP contribution in [0.15, 0.2) is 22.9 Å². The Labute approximate surface area is 109 Å². The Hall–Kier alpha value is -1.93. The zero-order valence-corrected chi connectivity index (χ0v) is 10.6. The van der Waals surface area contributed by atoms with E-state index in [1.165, 1.54) is 0 Å². The van der Waals surface area contributed by atoms with Crippen molar-refractivity contribution < 1.29 is 4.52 Å². The normalized spacial score (nSPS) is 12.1. The molecule has 0 amide bonds. The second-order valence-electron chi connectivity index (χ2n) is 3.89. The van der Waals surface area contributed by atoms with Crippen LogP contribution in [-0.4, -0.2) is 15.1 Å². The van der Waals surface area contributed by atoms with E-state index in [9.17, 15) is 0 Å². The maximum atomic E-state index is 8.54. The highest BCUT2D eigenvalue weighted by molar-refractivity contribution is 6.32. The zero-order chi connectivity index (χ0) is 13.0. The molecule has 0 radical (unpaired) electrons. The van der Waals surface area contributed by atoms with Crippen LogP contribution in [0.25, 0.3) is 11.5 Å². The molecule has 2 aromatic rings. The SMILES string of the molecule is CC(CCC#N)c1nc(-c2ncccc2Cl)no1. The van der Waals surface area contributed by atoms with Crippen LogP contribution >= 0.6 is 11.6 Å². The van der Waals surface area contributed by atoms with Gasteiger partial charge >= 0.3 is 0 Å². The Bertz CT molecular complexity index is 575. The lowest BCUT2D eigenvalue weighted by atomic mass is 10.1. The summed E-state index contributed by atoms with van der Waals surface area (Å²) in [6.07, 6.45) is 2.77. The Morgan fingerprint density at radius 1 is 1.56 bits per heavy atom. The van der Waals surface area contributed by atoms with Crippen LogP contribution in [0.2, 0.25) is 5.02 Å². The van der Waals surface area contributed by atoms with Crippen molar-refractivity contribution in [2.24, 2.45) is 0 Å². The third-order valence-corrected chi connectivity index (χ3v) is 2.83. The number of nitrogens with zero attached hydrogens (tertiary/aromatic N) is 4. The predicted molar refractivity (Wildman–Crippen MR) is 65.8 cm³/mol. The fourth-order valence-corrected chi connectivity index (χ4v) is 1.69. The van der Waals surface area contributed by atoms with E-state index >= 15 is 0 Å². The summed E-state index contributed by atoms with van der Waals surface area (Å²) in [6.45, 7) is 1.94. The third kappa shape index (κ3) is 2.66. The largest absolute Gasteiger partial charge is 0.339 e. The summed E-state index contributed by atoms with van der Waals surface area (Å²) in [5, 5.41) is 12.9. The van der Waals surface area contributed by atoms with Gasteiger partial charge in [0.25, 0.3) is 0 Å². The van der Waals surface area contributed by atoms with Crippen molar-refractivity contribution in [3.05, 3.63) is 29.2 Å². The highest BCUT2D eigenvalue weighted by Gasteiger charge is 2.17. The molecule has 2 heterocycles. The molecule has 1 unspecified atom stereocenters. The van der Waals surface area contributed by atoms with E-state index in [-0.39, 0.29) is 5.92 Å². The van der Waals surface area contributed by atoms with Crippen LogP contribution in [0.5, 0.6) is 0 Å². The number of hydrogen-bond donors (Lipinski definition) is 0. The summed E-state index contributed by atoms with van der Waals surface area (Å²) in [6, 6.07) is 5.55. The molecular formula is C12H11ClN4O. The highest BCUT2D eigenvalue weighted by Crippen LogP contribution is 2.25. The van der Waals surface area contributed by atoms with Gasteiger partial charge in [-0.1, -0.05) is 23.7 Å². The number of rotatable bonds is 4. The maximum Gasteiger partial charge on any atom is 0.229 e. The zero-order valence-electron chi connectivity index (χ0n) is 9.80. The molecule has 18 heavy (non-hydrogen) atoms. The van der Waals surface area contributed by atoms with Crippen molar-refractivity contribution in [1.29, 1.82) is 5.26 Å². The van der Waals surface area contributed by atoms with E-state index in [2.05, 4.69) is 21.2 Å². The van der Waals surface area contributed by atoms with Crippen LogP contribution < -0.4 is 0 Å². The smallest absolute Gasteiger partial charge is 0.229 e. The Morgan fingerprint density at radius 3 is 3.11 bits per heavy atom. The van der Waals surface area contributed by atoms with Crippen molar-refractivity contribution in [2.45, 2.75) is 25.7 Å². The first-order valence-corrected chi connectivity index (χ1v) is 5.91. The molecule has 92 valence electrons. The molecule has 0 saturated carbocycles. The first kappa shape index (κ1) is 12.5. The Kier molecular flexibility index (Phi) is 3.90. The number of pyridine rings is 1. The maximum absolute atomic E-state index is 8.54. The molecule has 0 aliphatic rings. The third-order valence-electron chi connectivity index (χ3n) is 2.52. The van der Waals surface area contributed by atoms with Crippen LogP contribution in [0.1, 0.15) is 31.6 Å². The van der Waals surface area contributed by atoms with Gasteiger partial charge in [-0.05, 0) is 18.6 Å². The minimum absolute atomic E-state index is 0.0494. The van der Waals surface area contributed by atoms with E-state index in [0.717, 1.165) is 0 Å². The molecule has 1 atom stereocenters. The van der Waals surface area contributed by atoms with E-state index in [0.29, 0.717) is 35.3 Å². The van der Waals surface area contributed by atoms with E-state index < -0.39 is 0 Å². The first-order valence-electron chi connectivity index (χ1n) is 5.54. The summed E-state index contributed by atoms with van der Waals surface area (Å²) in [7, 11) is 0. The summed E-state index contributed by atoms with van der Waals surface area (Å²) in [5.41, 5.74) is 0.502. The highest BCUT2D eigenvalue weighted by atomic mass is 35.5. The minimum atomic E-state index is 0.0494. The second kappa shape index (κ2) is 5.61. The van der Waals surface area contributed by atoms with Crippen molar-refractivity contribution in [3.8, 4) is 17.6 Å². The van der Waals surface area contributed by atoms with Gasteiger partial charge in [0.05, 0.1) is 11.1 Å². The minimum Gasteiger partial charge on any atom is -0.339 e. The molecule has 0 N–H and O–H groups in total. The average Bonchev–Trinajstić information content (AvgIpc) is 2.86. The number of halogens is 1. The molecule has 0 bridgehead atoms. The molecule has 0 saturated heterocycles. The van der Waals surface area contributed by atoms with E-state index in [1.54, 1.807) is 18.3 Å². The first-order chi connectivity index (χ1) is 8.72. The second-order valence-corrected chi connectivity index (χ2v) is 4.30. The van der Waals surface area contributed by atoms with Gasteiger partial charge in [0.2, 0.25) is 11.7 Å². The van der Waals surface area contributed by atoms with E-state index in [1.807, 2.05) is 6.92 Å². The fraction of sp³-hybridized carbons (Fsp3) is 0.333. The molecule has 0 spiro atoms. The van der Waals surface area contributed by atoms with Gasteiger partial charge in [0.1, 0.15) is 5.69 Å². The van der Waals surface area contributed by atoms with Crippen molar-refractivity contribution in [3.63, 3.8) is 0 Å². The average molecular weight is 263 g/mol. The quantitative estimate of drug-likeness (QED) is 0.846. The number of aromatic nitrogens is 3. The molecule has 0 aliphatic heterocycles. The topological polar surface area (TPSA) is 75.6 Å². The van der Waals surface area contributed by atoms with Gasteiger partial charge in [0, 0.05) is 18.5 Å². The Morgan fingerprint density at radius 2 is 2.39 bits per heavy atom. The van der Waals surface area contributed by atoms with Gasteiger partial charge in [-0.3, -0.25) is 4.98 Å². The molecule has 5 nitrogen and oxygen atoms in total. The lowest BCUT2D eigenvalue weighted by Gasteiger charge is -2.00. The molecule has 0 aromatic carbocycles. The Balaban J connectivity index is 2.21.